The quantitative estimate of drug-likeness (QED) is 0.267. The zero-order valence-electron chi connectivity index (χ0n) is 19.6. The van der Waals surface area contributed by atoms with Crippen LogP contribution in [0.4, 0.5) is 23.3 Å². The number of piperazine rings is 1. The van der Waals surface area contributed by atoms with Crippen molar-refractivity contribution in [1.82, 2.24) is 20.3 Å². The lowest BCUT2D eigenvalue weighted by Crippen LogP contribution is -2.78. The van der Waals surface area contributed by atoms with Crippen LogP contribution in [0.1, 0.15) is 32.2 Å². The Morgan fingerprint density at radius 2 is 2.03 bits per heavy atom. The minimum absolute atomic E-state index is 0.184. The van der Waals surface area contributed by atoms with Gasteiger partial charge in [0.05, 0.1) is 25.0 Å². The zero-order valence-corrected chi connectivity index (χ0v) is 19.6. The topological polar surface area (TPSA) is 120 Å². The van der Waals surface area contributed by atoms with Crippen LogP contribution in [-0.2, 0) is 15.9 Å². The highest BCUT2D eigenvalue weighted by Gasteiger charge is 2.47. The molecule has 0 bridgehead atoms. The fourth-order valence-electron chi connectivity index (χ4n) is 3.93. The second-order valence-corrected chi connectivity index (χ2v) is 8.06. The Labute approximate surface area is 195 Å². The monoisotopic (exact) mass is 454 g/mol. The molecule has 2 atom stereocenters. The fraction of sp³-hybridized carbons (Fsp3) is 0.565. The van der Waals surface area contributed by atoms with Gasteiger partial charge in [-0.3, -0.25) is 0 Å². The lowest BCUT2D eigenvalue weighted by Gasteiger charge is -2.56. The van der Waals surface area contributed by atoms with E-state index in [0.29, 0.717) is 73.1 Å². The summed E-state index contributed by atoms with van der Waals surface area (Å²) in [6.45, 7) is 10.2. The standard InChI is InChI=1S/C23H34N8O2/c1-4-15-8-7-9-19(27-15)28-22-21(25-10-11-32-5-2)20(16(24)14-33-6-3)29-23(30-22)31-13-17-18(31)12-26-17/h7-9,17-18,24-26H,4-6,10-14H2,1-3H3,(H,27,28,29,30)/t17?,18-/m1/s1. The first-order valence-electron chi connectivity index (χ1n) is 11.8. The molecule has 2 aromatic rings. The van der Waals surface area contributed by atoms with E-state index in [4.69, 9.17) is 24.9 Å². The number of aryl methyl sites for hydroxylation is 1. The van der Waals surface area contributed by atoms with E-state index in [2.05, 4.69) is 32.8 Å². The Bertz CT molecular complexity index is 969. The minimum Gasteiger partial charge on any atom is -0.380 e. The van der Waals surface area contributed by atoms with Gasteiger partial charge in [0.1, 0.15) is 17.2 Å². The molecule has 2 aliphatic rings. The van der Waals surface area contributed by atoms with Gasteiger partial charge in [0, 0.05) is 44.6 Å². The number of anilines is 4. The molecule has 0 radical (unpaired) electrons. The van der Waals surface area contributed by atoms with Crippen molar-refractivity contribution in [2.45, 2.75) is 39.3 Å². The van der Waals surface area contributed by atoms with Crippen LogP contribution < -0.4 is 20.9 Å². The third-order valence-corrected chi connectivity index (χ3v) is 5.91. The number of nitrogens with one attached hydrogen (secondary N) is 4. The highest BCUT2D eigenvalue weighted by molar-refractivity contribution is 6.04. The van der Waals surface area contributed by atoms with Crippen LogP contribution in [0.3, 0.4) is 0 Å². The van der Waals surface area contributed by atoms with Gasteiger partial charge in [-0.2, -0.15) is 4.98 Å². The molecule has 1 unspecified atom stereocenters. The highest BCUT2D eigenvalue weighted by atomic mass is 16.5. The van der Waals surface area contributed by atoms with E-state index >= 15 is 0 Å². The van der Waals surface area contributed by atoms with Gasteiger partial charge >= 0.3 is 0 Å². The van der Waals surface area contributed by atoms with E-state index in [0.717, 1.165) is 25.2 Å². The second kappa shape index (κ2) is 10.9. The Hall–Kier alpha value is -2.82. The van der Waals surface area contributed by atoms with Gasteiger partial charge < -0.3 is 35.7 Å². The first kappa shape index (κ1) is 23.3. The molecule has 2 saturated heterocycles. The first-order chi connectivity index (χ1) is 16.1. The third kappa shape index (κ3) is 5.23. The molecule has 4 heterocycles. The van der Waals surface area contributed by atoms with Gasteiger partial charge in [0.25, 0.3) is 0 Å². The normalized spacial score (nSPS) is 18.8. The van der Waals surface area contributed by atoms with Crippen molar-refractivity contribution in [1.29, 1.82) is 5.41 Å². The second-order valence-electron chi connectivity index (χ2n) is 8.06. The van der Waals surface area contributed by atoms with E-state index in [-0.39, 0.29) is 6.61 Å². The van der Waals surface area contributed by atoms with Gasteiger partial charge in [0.2, 0.25) is 5.95 Å². The average molecular weight is 455 g/mol. The van der Waals surface area contributed by atoms with Gasteiger partial charge in [0.15, 0.2) is 5.82 Å². The van der Waals surface area contributed by atoms with Crippen LogP contribution in [0.25, 0.3) is 0 Å². The summed E-state index contributed by atoms with van der Waals surface area (Å²) in [6.07, 6.45) is 0.845. The molecular formula is C23H34N8O2. The predicted molar refractivity (Wildman–Crippen MR) is 130 cm³/mol. The molecule has 0 spiro atoms. The highest BCUT2D eigenvalue weighted by Crippen LogP contribution is 2.34. The third-order valence-electron chi connectivity index (χ3n) is 5.91. The number of nitrogens with zero attached hydrogens (tertiary/aromatic N) is 4. The van der Waals surface area contributed by atoms with E-state index in [9.17, 15) is 0 Å². The summed E-state index contributed by atoms with van der Waals surface area (Å²) >= 11 is 0. The van der Waals surface area contributed by atoms with Crippen molar-refractivity contribution in [2.24, 2.45) is 0 Å². The summed E-state index contributed by atoms with van der Waals surface area (Å²) in [6, 6.07) is 6.82. The van der Waals surface area contributed by atoms with Gasteiger partial charge in [-0.15, -0.1) is 0 Å². The van der Waals surface area contributed by atoms with Gasteiger partial charge in [-0.05, 0) is 32.4 Å². The first-order valence-corrected chi connectivity index (χ1v) is 11.8. The lowest BCUT2D eigenvalue weighted by molar-refractivity contribution is 0.158. The molecule has 0 amide bonds. The molecule has 33 heavy (non-hydrogen) atoms. The molecule has 178 valence electrons. The Kier molecular flexibility index (Phi) is 7.69. The molecule has 4 N–H and O–H groups in total. The minimum atomic E-state index is 0.184. The zero-order chi connectivity index (χ0) is 23.2. The predicted octanol–water partition coefficient (Wildman–Crippen LogP) is 2.19. The maximum absolute atomic E-state index is 8.69. The summed E-state index contributed by atoms with van der Waals surface area (Å²) in [5.41, 5.74) is 2.50. The molecule has 10 nitrogen and oxygen atoms in total. The molecule has 10 heteroatoms. The van der Waals surface area contributed by atoms with Crippen LogP contribution in [-0.4, -0.2) is 78.8 Å². The van der Waals surface area contributed by atoms with E-state index in [1.54, 1.807) is 0 Å². The molecule has 2 fully saturated rings. The smallest absolute Gasteiger partial charge is 0.228 e. The number of hydrogen-bond donors (Lipinski definition) is 4. The van der Waals surface area contributed by atoms with Crippen molar-refractivity contribution in [2.75, 3.05) is 61.6 Å². The lowest BCUT2D eigenvalue weighted by atomic mass is 9.89. The van der Waals surface area contributed by atoms with E-state index in [1.807, 2.05) is 32.0 Å². The number of hydrogen-bond acceptors (Lipinski definition) is 10. The van der Waals surface area contributed by atoms with Crippen molar-refractivity contribution < 1.29 is 9.47 Å². The number of pyridine rings is 1. The summed E-state index contributed by atoms with van der Waals surface area (Å²) in [7, 11) is 0. The summed E-state index contributed by atoms with van der Waals surface area (Å²) < 4.78 is 11.0. The summed E-state index contributed by atoms with van der Waals surface area (Å²) in [4.78, 5) is 16.6. The Balaban J connectivity index is 1.70. The van der Waals surface area contributed by atoms with Crippen LogP contribution in [0.5, 0.6) is 0 Å². The van der Waals surface area contributed by atoms with E-state index < -0.39 is 0 Å². The van der Waals surface area contributed by atoms with Crippen LogP contribution >= 0.6 is 0 Å². The van der Waals surface area contributed by atoms with E-state index in [1.165, 1.54) is 0 Å². The molecule has 2 aromatic heterocycles. The van der Waals surface area contributed by atoms with Gasteiger partial charge in [-0.1, -0.05) is 13.0 Å². The SMILES string of the molecule is CCOCCNc1c(Nc2cccc(CC)n2)nc(N2CC3NC[C@H]32)nc1C(=N)COCC. The van der Waals surface area contributed by atoms with Crippen molar-refractivity contribution >= 4 is 29.0 Å². The fourth-order valence-corrected chi connectivity index (χ4v) is 3.93. The summed E-state index contributed by atoms with van der Waals surface area (Å²) in [5.74, 6) is 1.93. The number of ether oxygens (including phenoxy) is 2. The molecule has 0 aromatic carbocycles. The van der Waals surface area contributed by atoms with Crippen molar-refractivity contribution in [3.8, 4) is 0 Å². The van der Waals surface area contributed by atoms with Crippen molar-refractivity contribution in [3.63, 3.8) is 0 Å². The number of rotatable bonds is 13. The number of fused-ring (bicyclic) bond motifs is 1. The summed E-state index contributed by atoms with van der Waals surface area (Å²) in [5, 5.41) is 18.9. The molecule has 0 saturated carbocycles. The van der Waals surface area contributed by atoms with Crippen LogP contribution in [0.2, 0.25) is 0 Å². The maximum Gasteiger partial charge on any atom is 0.228 e. The Morgan fingerprint density at radius 3 is 2.70 bits per heavy atom. The Morgan fingerprint density at radius 1 is 1.18 bits per heavy atom. The van der Waals surface area contributed by atoms with Crippen LogP contribution in [0.15, 0.2) is 18.2 Å². The van der Waals surface area contributed by atoms with Crippen molar-refractivity contribution in [3.05, 3.63) is 29.6 Å². The molecular weight excluding hydrogens is 420 g/mol. The van der Waals surface area contributed by atoms with Crippen LogP contribution in [0, 0.1) is 5.41 Å². The average Bonchev–Trinajstić information content (AvgIpc) is 2.82. The maximum atomic E-state index is 8.69. The largest absolute Gasteiger partial charge is 0.380 e. The molecule has 2 aliphatic heterocycles. The molecule has 0 aliphatic carbocycles. The van der Waals surface area contributed by atoms with Gasteiger partial charge in [-0.25, -0.2) is 9.97 Å². The molecule has 4 rings (SSSR count). The number of aromatic nitrogens is 3.